The van der Waals surface area contributed by atoms with Crippen molar-refractivity contribution in [3.8, 4) is 16.9 Å². The van der Waals surface area contributed by atoms with Crippen LogP contribution in [0.2, 0.25) is 0 Å². The van der Waals surface area contributed by atoms with E-state index in [4.69, 9.17) is 5.10 Å². The zero-order chi connectivity index (χ0) is 16.2. The second kappa shape index (κ2) is 6.38. The molecule has 0 radical (unpaired) electrons. The lowest BCUT2D eigenvalue weighted by atomic mass is 10.1. The lowest BCUT2D eigenvalue weighted by Crippen LogP contribution is -1.99. The lowest BCUT2D eigenvalue weighted by molar-refractivity contribution is 0.892. The molecule has 0 saturated carbocycles. The molecule has 0 aliphatic heterocycles. The van der Waals surface area contributed by atoms with Crippen LogP contribution in [-0.4, -0.2) is 14.8 Å². The molecule has 0 fully saturated rings. The zero-order valence-corrected chi connectivity index (χ0v) is 13.0. The Hall–Kier alpha value is -3.40. The van der Waals surface area contributed by atoms with Crippen molar-refractivity contribution >= 4 is 11.5 Å². The Balaban J connectivity index is 1.79. The van der Waals surface area contributed by atoms with E-state index in [1.165, 1.54) is 0 Å². The van der Waals surface area contributed by atoms with Crippen molar-refractivity contribution in [2.24, 2.45) is 0 Å². The van der Waals surface area contributed by atoms with E-state index in [2.05, 4.69) is 28.5 Å². The molecule has 0 spiro atoms. The molecule has 2 aromatic carbocycles. The fourth-order valence-corrected chi connectivity index (χ4v) is 2.61. The van der Waals surface area contributed by atoms with Gasteiger partial charge in [-0.25, -0.2) is 4.68 Å². The summed E-state index contributed by atoms with van der Waals surface area (Å²) in [6, 6.07) is 26.3. The average Bonchev–Trinajstić information content (AvgIpc) is 3.08. The van der Waals surface area contributed by atoms with E-state index in [1.807, 2.05) is 65.3 Å². The van der Waals surface area contributed by atoms with Crippen LogP contribution in [0.1, 0.15) is 0 Å². The van der Waals surface area contributed by atoms with Crippen molar-refractivity contribution in [2.75, 3.05) is 5.32 Å². The monoisotopic (exact) mass is 312 g/mol. The number of para-hydroxylation sites is 1. The van der Waals surface area contributed by atoms with E-state index in [0.29, 0.717) is 0 Å². The van der Waals surface area contributed by atoms with Gasteiger partial charge in [0.1, 0.15) is 0 Å². The first-order chi connectivity index (χ1) is 11.9. The van der Waals surface area contributed by atoms with Gasteiger partial charge >= 0.3 is 0 Å². The minimum Gasteiger partial charge on any atom is -0.337 e. The molecule has 0 atom stereocenters. The van der Waals surface area contributed by atoms with Gasteiger partial charge in [-0.15, -0.1) is 5.10 Å². The highest BCUT2D eigenvalue weighted by molar-refractivity contribution is 5.68. The van der Waals surface area contributed by atoms with Crippen LogP contribution in [0.15, 0.2) is 91.3 Å². The predicted molar refractivity (Wildman–Crippen MR) is 96.5 cm³/mol. The molecule has 4 nitrogen and oxygen atoms in total. The third kappa shape index (κ3) is 2.90. The van der Waals surface area contributed by atoms with Crippen LogP contribution in [0.5, 0.6) is 0 Å². The van der Waals surface area contributed by atoms with Gasteiger partial charge in [0.05, 0.1) is 23.3 Å². The highest BCUT2D eigenvalue weighted by atomic mass is 15.3. The highest BCUT2D eigenvalue weighted by Gasteiger charge is 2.11. The van der Waals surface area contributed by atoms with Gasteiger partial charge in [0.15, 0.2) is 5.82 Å². The topological polar surface area (TPSA) is 42.7 Å². The van der Waals surface area contributed by atoms with Gasteiger partial charge in [0.25, 0.3) is 0 Å². The molecule has 4 heteroatoms. The molecule has 116 valence electrons. The Kier molecular flexibility index (Phi) is 3.78. The number of anilines is 2. The second-order valence-electron chi connectivity index (χ2n) is 5.39. The molecular formula is C20H16N4. The third-order valence-corrected chi connectivity index (χ3v) is 3.71. The van der Waals surface area contributed by atoms with Gasteiger partial charge in [0.2, 0.25) is 0 Å². The fraction of sp³-hybridized carbons (Fsp3) is 0. The van der Waals surface area contributed by atoms with E-state index >= 15 is 0 Å². The Morgan fingerprint density at radius 2 is 1.54 bits per heavy atom. The smallest absolute Gasteiger partial charge is 0.153 e. The van der Waals surface area contributed by atoms with Gasteiger partial charge in [0, 0.05) is 17.8 Å². The summed E-state index contributed by atoms with van der Waals surface area (Å²) < 4.78 is 1.95. The number of hydrogen-bond donors (Lipinski definition) is 1. The second-order valence-corrected chi connectivity index (χ2v) is 5.39. The molecule has 4 rings (SSSR count). The van der Waals surface area contributed by atoms with Gasteiger partial charge < -0.3 is 5.32 Å². The SMILES string of the molecule is c1ccc(-c2cc(Nc3cccnc3)nn2-c2ccccc2)cc1. The number of pyridine rings is 1. The molecule has 2 aromatic heterocycles. The minimum absolute atomic E-state index is 0.783. The summed E-state index contributed by atoms with van der Waals surface area (Å²) in [6.07, 6.45) is 3.53. The number of hydrogen-bond acceptors (Lipinski definition) is 3. The maximum Gasteiger partial charge on any atom is 0.153 e. The van der Waals surface area contributed by atoms with Crippen LogP contribution in [0, 0.1) is 0 Å². The molecule has 4 aromatic rings. The Labute approximate surface area is 140 Å². The van der Waals surface area contributed by atoms with Crippen LogP contribution in [0.3, 0.4) is 0 Å². The molecular weight excluding hydrogens is 296 g/mol. The molecule has 24 heavy (non-hydrogen) atoms. The molecule has 0 aliphatic rings. The summed E-state index contributed by atoms with van der Waals surface area (Å²) in [5, 5.41) is 8.04. The van der Waals surface area contributed by atoms with Crippen LogP contribution in [-0.2, 0) is 0 Å². The predicted octanol–water partition coefficient (Wildman–Crippen LogP) is 4.68. The fourth-order valence-electron chi connectivity index (χ4n) is 2.61. The van der Waals surface area contributed by atoms with E-state index < -0.39 is 0 Å². The molecule has 1 N–H and O–H groups in total. The largest absolute Gasteiger partial charge is 0.337 e. The first-order valence-corrected chi connectivity index (χ1v) is 7.78. The van der Waals surface area contributed by atoms with Crippen LogP contribution in [0.4, 0.5) is 11.5 Å². The lowest BCUT2D eigenvalue weighted by Gasteiger charge is -2.07. The first-order valence-electron chi connectivity index (χ1n) is 7.78. The summed E-state index contributed by atoms with van der Waals surface area (Å²) in [5.41, 5.74) is 4.09. The number of benzene rings is 2. The number of nitrogens with one attached hydrogen (secondary N) is 1. The summed E-state index contributed by atoms with van der Waals surface area (Å²) in [7, 11) is 0. The standard InChI is InChI=1S/C20H16N4/c1-3-8-16(9-4-1)19-14-20(22-17-10-7-13-21-15-17)23-24(19)18-11-5-2-6-12-18/h1-15H,(H,22,23). The van der Waals surface area contributed by atoms with Crippen molar-refractivity contribution < 1.29 is 0 Å². The molecule has 0 unspecified atom stereocenters. The first kappa shape index (κ1) is 14.2. The summed E-state index contributed by atoms with van der Waals surface area (Å²) >= 11 is 0. The van der Waals surface area contributed by atoms with Gasteiger partial charge in [-0.2, -0.15) is 0 Å². The molecule has 0 saturated heterocycles. The van der Waals surface area contributed by atoms with Crippen LogP contribution < -0.4 is 5.32 Å². The van der Waals surface area contributed by atoms with Gasteiger partial charge in [-0.05, 0) is 24.3 Å². The van der Waals surface area contributed by atoms with Gasteiger partial charge in [-0.1, -0.05) is 48.5 Å². The van der Waals surface area contributed by atoms with Crippen LogP contribution >= 0.6 is 0 Å². The Morgan fingerprint density at radius 1 is 0.792 bits per heavy atom. The van der Waals surface area contributed by atoms with Crippen molar-refractivity contribution in [1.82, 2.24) is 14.8 Å². The van der Waals surface area contributed by atoms with Crippen molar-refractivity contribution in [2.45, 2.75) is 0 Å². The summed E-state index contributed by atoms with van der Waals surface area (Å²) in [6.45, 7) is 0. The Bertz CT molecular complexity index is 859. The third-order valence-electron chi connectivity index (χ3n) is 3.71. The number of aromatic nitrogens is 3. The van der Waals surface area contributed by atoms with Crippen molar-refractivity contribution in [3.05, 3.63) is 91.3 Å². The quantitative estimate of drug-likeness (QED) is 0.595. The zero-order valence-electron chi connectivity index (χ0n) is 13.0. The summed E-state index contributed by atoms with van der Waals surface area (Å²) in [4.78, 5) is 4.13. The van der Waals surface area contributed by atoms with E-state index in [0.717, 1.165) is 28.5 Å². The number of nitrogens with zero attached hydrogens (tertiary/aromatic N) is 3. The molecule has 0 bridgehead atoms. The molecule has 0 aliphatic carbocycles. The summed E-state index contributed by atoms with van der Waals surface area (Å²) in [5.74, 6) is 0.783. The van der Waals surface area contributed by atoms with E-state index in [9.17, 15) is 0 Å². The van der Waals surface area contributed by atoms with E-state index in [-0.39, 0.29) is 0 Å². The Morgan fingerprint density at radius 3 is 2.25 bits per heavy atom. The average molecular weight is 312 g/mol. The van der Waals surface area contributed by atoms with Crippen molar-refractivity contribution in [1.29, 1.82) is 0 Å². The molecule has 2 heterocycles. The minimum atomic E-state index is 0.783. The maximum atomic E-state index is 4.73. The van der Waals surface area contributed by atoms with Crippen LogP contribution in [0.25, 0.3) is 16.9 Å². The van der Waals surface area contributed by atoms with Crippen molar-refractivity contribution in [3.63, 3.8) is 0 Å². The maximum absolute atomic E-state index is 4.73. The highest BCUT2D eigenvalue weighted by Crippen LogP contribution is 2.27. The van der Waals surface area contributed by atoms with E-state index in [1.54, 1.807) is 12.4 Å². The molecule has 0 amide bonds. The number of rotatable bonds is 4. The normalized spacial score (nSPS) is 10.5. The van der Waals surface area contributed by atoms with Gasteiger partial charge in [-0.3, -0.25) is 4.98 Å².